The molecule has 8 heterocycles. The first kappa shape index (κ1) is 78.3. The molecule has 98 heavy (non-hydrogen) atoms. The number of hydrogen-bond donors (Lipinski definition) is 12. The zero-order chi connectivity index (χ0) is 72.3. The van der Waals surface area contributed by atoms with Gasteiger partial charge in [0.1, 0.15) is 85.8 Å². The lowest BCUT2D eigenvalue weighted by atomic mass is 10.2. The normalized spacial score (nSPS) is 27.4. The molecule has 0 aromatic carbocycles. The van der Waals surface area contributed by atoms with E-state index in [2.05, 4.69) is 15.3 Å². The summed E-state index contributed by atoms with van der Waals surface area (Å²) in [7, 11) is -19.4. The Morgan fingerprint density at radius 3 is 1.12 bits per heavy atom. The lowest BCUT2D eigenvalue weighted by molar-refractivity contribution is -0.141. The van der Waals surface area contributed by atoms with Crippen molar-refractivity contribution in [3.63, 3.8) is 0 Å². The number of amides is 1. The molecule has 4 fully saturated rings. The highest BCUT2D eigenvalue weighted by Gasteiger charge is 2.49. The Balaban J connectivity index is 0.972. The summed E-state index contributed by atoms with van der Waals surface area (Å²) in [6.45, 7) is 5.81. The minimum atomic E-state index is -5.59. The Labute approximate surface area is 558 Å². The number of nitrogens with zero attached hydrogens (tertiary/aromatic N) is 4. The van der Waals surface area contributed by atoms with E-state index in [0.717, 1.165) is 53.8 Å². The molecule has 0 radical (unpaired) electrons. The third-order valence-electron chi connectivity index (χ3n) is 14.9. The summed E-state index contributed by atoms with van der Waals surface area (Å²) in [4.78, 5) is 179. The second-order valence-corrected chi connectivity index (χ2v) is 32.5. The third-order valence-corrected chi connectivity index (χ3v) is 22.3. The number of aryl methyl sites for hydroxylation is 4. The van der Waals surface area contributed by atoms with Crippen LogP contribution in [0.3, 0.4) is 0 Å². The second-order valence-electron chi connectivity index (χ2n) is 23.7. The Morgan fingerprint density at radius 1 is 0.551 bits per heavy atom. The van der Waals surface area contributed by atoms with Gasteiger partial charge in [-0.25, -0.2) is 42.2 Å². The topological polar surface area (TPSA) is 592 Å². The number of phosphoric ester groups is 4. The largest absolute Gasteiger partial charge is 0.480 e. The standard InChI is InChI=1S/C50H72N10O32P4S2/c1-22-12-57(46(69)53-40(22)62)36-8-28(32(16-61)85-36)89-94(75,76)82-18-34-30(10-38(87-34)59-14-24(3)42(64)55-48(59)71)91-96(79,80)84-20-35-31(11-39(88-35)60-15-25(4)43(65)56-49(60)72)92-95(77,78)83-19-33-29(9-37(86-33)58-13-23(2)41(63)54-47(58)70)90-93(73,74)81-17-26(51)44(66)52-27(45(67)68)21-97-98-50(5,6)7/h12-15,26-39,61H,8-11,16-21,51H2,1-7H3,(H,52,66)(H,67,68)(H,73,74)(H,75,76)(H,77,78)(H,79,80)(H,53,62,69)(H,54,63,70)(H,55,64,71)(H,56,65,72)/t26-,27-,28-,29-,30-,31-,32+,33+,34+,35+,36+,37+,38+,39+/m0/s1. The van der Waals surface area contributed by atoms with Crippen molar-refractivity contribution in [1.82, 2.24) is 43.5 Å². The van der Waals surface area contributed by atoms with E-state index >= 15 is 0 Å². The minimum Gasteiger partial charge on any atom is -0.480 e. The second kappa shape index (κ2) is 31.8. The predicted octanol–water partition coefficient (Wildman–Crippen LogP) is -1.35. The van der Waals surface area contributed by atoms with Crippen LogP contribution in [0, 0.1) is 27.7 Å². The van der Waals surface area contributed by atoms with Crippen LogP contribution in [0.15, 0.2) is 63.1 Å². The highest BCUT2D eigenvalue weighted by Crippen LogP contribution is 2.55. The average molecular weight is 1510 g/mol. The number of aliphatic hydroxyl groups is 1. The van der Waals surface area contributed by atoms with E-state index in [1.54, 1.807) is 0 Å². The zero-order valence-corrected chi connectivity index (χ0v) is 57.9. The number of H-pyrrole nitrogens is 4. The van der Waals surface area contributed by atoms with Crippen LogP contribution in [-0.4, -0.2) is 184 Å². The molecule has 48 heteroatoms. The molecule has 0 saturated carbocycles. The van der Waals surface area contributed by atoms with Gasteiger partial charge in [-0.05, 0) is 27.7 Å². The van der Waals surface area contributed by atoms with Gasteiger partial charge in [-0.1, -0.05) is 42.4 Å². The molecular formula is C50H72N10O32P4S2. The molecule has 546 valence electrons. The van der Waals surface area contributed by atoms with Gasteiger partial charge >= 0.3 is 60.0 Å². The van der Waals surface area contributed by atoms with Gasteiger partial charge < -0.3 is 59.8 Å². The molecule has 4 saturated heterocycles. The van der Waals surface area contributed by atoms with Gasteiger partial charge in [0.2, 0.25) is 5.91 Å². The van der Waals surface area contributed by atoms with Crippen LogP contribution in [0.1, 0.15) is 93.6 Å². The summed E-state index contributed by atoms with van der Waals surface area (Å²) >= 11 is 0. The Kier molecular flexibility index (Phi) is 25.4. The van der Waals surface area contributed by atoms with Crippen molar-refractivity contribution in [2.45, 2.75) is 165 Å². The maximum absolute atomic E-state index is 14.1. The first-order valence-corrected chi connectivity index (χ1v) is 37.6. The van der Waals surface area contributed by atoms with Crippen molar-refractivity contribution < 1.29 is 113 Å². The van der Waals surface area contributed by atoms with E-state index in [4.69, 9.17) is 60.9 Å². The summed E-state index contributed by atoms with van der Waals surface area (Å²) in [6, 6.07) is -3.21. The van der Waals surface area contributed by atoms with Gasteiger partial charge in [0.15, 0.2) is 0 Å². The molecule has 42 nitrogen and oxygen atoms in total. The van der Waals surface area contributed by atoms with E-state index in [-0.39, 0.29) is 39.2 Å². The summed E-state index contributed by atoms with van der Waals surface area (Å²) in [6.07, 6.45) is -16.9. The summed E-state index contributed by atoms with van der Waals surface area (Å²) in [5.41, 5.74) is -1.24. The van der Waals surface area contributed by atoms with E-state index in [1.165, 1.54) is 38.5 Å². The van der Waals surface area contributed by atoms with Crippen LogP contribution in [0.5, 0.6) is 0 Å². The van der Waals surface area contributed by atoms with Crippen LogP contribution in [-0.2, 0) is 83.0 Å². The Hall–Kier alpha value is -5.44. The Bertz CT molecular complexity index is 4300. The van der Waals surface area contributed by atoms with Gasteiger partial charge in [-0.3, -0.25) is 98.4 Å². The predicted molar refractivity (Wildman–Crippen MR) is 335 cm³/mol. The van der Waals surface area contributed by atoms with Crippen LogP contribution >= 0.6 is 52.9 Å². The van der Waals surface area contributed by atoms with Crippen molar-refractivity contribution in [2.75, 3.05) is 38.8 Å². The highest BCUT2D eigenvalue weighted by atomic mass is 33.1. The number of nitrogens with one attached hydrogen (secondary N) is 5. The van der Waals surface area contributed by atoms with E-state index in [0.29, 0.717) is 0 Å². The van der Waals surface area contributed by atoms with Crippen molar-refractivity contribution in [1.29, 1.82) is 0 Å². The monoisotopic (exact) mass is 1510 g/mol. The summed E-state index contributed by atoms with van der Waals surface area (Å²) < 4.78 is 125. The quantitative estimate of drug-likeness (QED) is 0.0205. The number of hydrogen-bond acceptors (Lipinski definition) is 30. The number of aromatic amines is 4. The van der Waals surface area contributed by atoms with Crippen LogP contribution in [0.25, 0.3) is 0 Å². The number of carboxylic acids is 1. The number of carboxylic acid groups (broad SMARTS) is 1. The van der Waals surface area contributed by atoms with Crippen molar-refractivity contribution in [2.24, 2.45) is 5.73 Å². The maximum Gasteiger partial charge on any atom is 0.472 e. The molecule has 18 atom stereocenters. The number of nitrogens with two attached hydrogens (primary N) is 1. The lowest BCUT2D eigenvalue weighted by Crippen LogP contribution is -2.51. The number of aliphatic hydroxyl groups excluding tert-OH is 1. The fourth-order valence-corrected chi connectivity index (χ4v) is 16.3. The van der Waals surface area contributed by atoms with Crippen molar-refractivity contribution in [3.05, 3.63) is 130 Å². The molecule has 8 rings (SSSR count). The number of rotatable bonds is 31. The van der Waals surface area contributed by atoms with Crippen LogP contribution < -0.4 is 56.0 Å². The third kappa shape index (κ3) is 20.6. The van der Waals surface area contributed by atoms with Crippen LogP contribution in [0.4, 0.5) is 0 Å². The van der Waals surface area contributed by atoms with Crippen molar-refractivity contribution >= 4 is 64.8 Å². The minimum absolute atomic E-state index is 0.0128. The van der Waals surface area contributed by atoms with Crippen LogP contribution in [0.2, 0.25) is 0 Å². The van der Waals surface area contributed by atoms with Gasteiger partial charge in [-0.15, -0.1) is 0 Å². The smallest absolute Gasteiger partial charge is 0.472 e. The van der Waals surface area contributed by atoms with E-state index in [9.17, 15) is 96.0 Å². The first-order valence-electron chi connectivity index (χ1n) is 29.3. The number of carbonyl (C=O) groups is 2. The molecule has 13 N–H and O–H groups in total. The van der Waals surface area contributed by atoms with Crippen molar-refractivity contribution in [3.8, 4) is 0 Å². The number of carbonyl (C=O) groups excluding carboxylic acids is 1. The number of phosphoric acid groups is 4. The highest BCUT2D eigenvalue weighted by molar-refractivity contribution is 8.77. The van der Waals surface area contributed by atoms with Gasteiger partial charge in [0.25, 0.3) is 22.2 Å². The number of aliphatic carboxylic acids is 1. The zero-order valence-electron chi connectivity index (χ0n) is 52.7. The molecule has 0 aliphatic carbocycles. The fraction of sp³-hybridized carbons (Fsp3) is 0.640. The molecule has 4 aromatic heterocycles. The van der Waals surface area contributed by atoms with Gasteiger partial charge in [0, 0.05) is 83.2 Å². The maximum atomic E-state index is 14.1. The fourth-order valence-electron chi connectivity index (χ4n) is 10.0. The first-order chi connectivity index (χ1) is 45.6. The van der Waals surface area contributed by atoms with Gasteiger partial charge in [0.05, 0.1) is 33.0 Å². The summed E-state index contributed by atoms with van der Waals surface area (Å²) in [5, 5.41) is 22.0. The molecule has 0 bridgehead atoms. The average Bonchev–Trinajstić information content (AvgIpc) is 1.66. The van der Waals surface area contributed by atoms with E-state index in [1.807, 2.05) is 30.7 Å². The molecule has 1 amide bonds. The molecule has 4 aromatic rings. The molecule has 4 unspecified atom stereocenters. The number of ether oxygens (including phenoxy) is 4. The molecule has 4 aliphatic rings. The molecule has 0 spiro atoms. The molecule has 4 aliphatic heterocycles. The summed E-state index contributed by atoms with van der Waals surface area (Å²) in [5.74, 6) is -2.61. The molecular weight excluding hydrogens is 1440 g/mol. The van der Waals surface area contributed by atoms with E-state index < -0.39 is 226 Å². The number of aromatic nitrogens is 8. The lowest BCUT2D eigenvalue weighted by Gasteiger charge is -2.25. The van der Waals surface area contributed by atoms with Gasteiger partial charge in [-0.2, -0.15) is 0 Å². The SMILES string of the molecule is Cc1cn([C@H]2C[C@H](OP(=O)(O)OC[C@H]3O[C@@H](n4cc(C)c(=O)[nH]c4=O)C[C@@H]3OP(=O)(O)OC[C@H]3O[C@@H](n4cc(C)c(=O)[nH]c4=O)C[C@@H]3OP(=O)(O)OC[C@H]3O[C@@H](n4cc(C)c(=O)[nH]c4=O)C[C@@H]3OP(=O)(O)OC[C@H](N)C(=O)N[C@@H](CSSC(C)(C)C)C(=O)O)[C@@H](CO)O2)c(=O)[nH]c1=O. The Morgan fingerprint density at radius 2 is 0.837 bits per heavy atom.